The molecule has 0 aliphatic heterocycles. The van der Waals surface area contributed by atoms with Gasteiger partial charge in [0.05, 0.1) is 15.6 Å². The number of nitro groups is 1. The molecule has 2 aromatic rings. The second-order valence-corrected chi connectivity index (χ2v) is 5.28. The molecular formula is C12H15N5O2S. The van der Waals surface area contributed by atoms with Gasteiger partial charge in [-0.05, 0) is 24.6 Å². The van der Waals surface area contributed by atoms with E-state index in [9.17, 15) is 10.1 Å². The zero-order valence-corrected chi connectivity index (χ0v) is 12.0. The van der Waals surface area contributed by atoms with Gasteiger partial charge in [-0.2, -0.15) is 5.10 Å². The smallest absolute Gasteiger partial charge is 0.293 e. The minimum absolute atomic E-state index is 0.0215. The normalized spacial score (nSPS) is 10.6. The monoisotopic (exact) mass is 293 g/mol. The third-order valence-electron chi connectivity index (χ3n) is 2.76. The highest BCUT2D eigenvalue weighted by atomic mass is 32.2. The molecule has 0 unspecified atom stereocenters. The second-order valence-electron chi connectivity index (χ2n) is 4.29. The number of nitro benzene ring substituents is 1. The molecule has 0 saturated carbocycles. The van der Waals surface area contributed by atoms with Crippen molar-refractivity contribution in [2.24, 2.45) is 12.9 Å². The summed E-state index contributed by atoms with van der Waals surface area (Å²) in [6.45, 7) is 1.93. The van der Waals surface area contributed by atoms with Crippen molar-refractivity contribution in [2.45, 2.75) is 17.7 Å². The SMILES string of the molecule is Cc1cc(SCc2ccc(NN)c([N+](=O)[O-])c2)n(C)n1. The lowest BCUT2D eigenvalue weighted by molar-refractivity contribution is -0.384. The first-order chi connectivity index (χ1) is 9.51. The van der Waals surface area contributed by atoms with Crippen LogP contribution in [0.15, 0.2) is 29.3 Å². The predicted octanol–water partition coefficient (Wildman–Crippen LogP) is 2.21. The molecular weight excluding hydrogens is 278 g/mol. The molecule has 20 heavy (non-hydrogen) atoms. The number of aryl methyl sites for hydroxylation is 2. The molecule has 1 heterocycles. The van der Waals surface area contributed by atoms with Crippen LogP contribution >= 0.6 is 11.8 Å². The average molecular weight is 293 g/mol. The number of rotatable bonds is 5. The third-order valence-corrected chi connectivity index (χ3v) is 3.92. The highest BCUT2D eigenvalue weighted by molar-refractivity contribution is 7.98. The Morgan fingerprint density at radius 3 is 2.80 bits per heavy atom. The van der Waals surface area contributed by atoms with Crippen molar-refractivity contribution in [2.75, 3.05) is 5.43 Å². The van der Waals surface area contributed by atoms with Crippen molar-refractivity contribution < 1.29 is 4.92 Å². The minimum atomic E-state index is -0.447. The lowest BCUT2D eigenvalue weighted by atomic mass is 10.2. The van der Waals surface area contributed by atoms with Gasteiger partial charge in [-0.1, -0.05) is 6.07 Å². The average Bonchev–Trinajstić information content (AvgIpc) is 2.74. The number of hydrogen-bond acceptors (Lipinski definition) is 6. The van der Waals surface area contributed by atoms with Crippen molar-refractivity contribution in [3.8, 4) is 0 Å². The van der Waals surface area contributed by atoms with Gasteiger partial charge in [0.2, 0.25) is 0 Å². The van der Waals surface area contributed by atoms with Gasteiger partial charge >= 0.3 is 0 Å². The molecule has 7 nitrogen and oxygen atoms in total. The zero-order chi connectivity index (χ0) is 14.7. The molecule has 8 heteroatoms. The summed E-state index contributed by atoms with van der Waals surface area (Å²) in [4.78, 5) is 10.5. The van der Waals surface area contributed by atoms with Crippen molar-refractivity contribution in [3.05, 3.63) is 45.6 Å². The Hall–Kier alpha value is -2.06. The Balaban J connectivity index is 2.16. The Labute approximate surface area is 120 Å². The van der Waals surface area contributed by atoms with Crippen molar-refractivity contribution in [1.82, 2.24) is 9.78 Å². The molecule has 0 spiro atoms. The predicted molar refractivity (Wildman–Crippen MR) is 78.4 cm³/mol. The van der Waals surface area contributed by atoms with Gasteiger partial charge in [-0.3, -0.25) is 20.6 Å². The quantitative estimate of drug-likeness (QED) is 0.379. The van der Waals surface area contributed by atoms with E-state index in [-0.39, 0.29) is 5.69 Å². The highest BCUT2D eigenvalue weighted by Gasteiger charge is 2.14. The van der Waals surface area contributed by atoms with E-state index in [2.05, 4.69) is 10.5 Å². The number of nitrogen functional groups attached to an aromatic ring is 1. The molecule has 0 atom stereocenters. The minimum Gasteiger partial charge on any atom is -0.318 e. The number of hydrazine groups is 1. The van der Waals surface area contributed by atoms with E-state index >= 15 is 0 Å². The topological polar surface area (TPSA) is 99.0 Å². The van der Waals surface area contributed by atoms with Gasteiger partial charge in [-0.25, -0.2) is 0 Å². The number of nitrogens with zero attached hydrogens (tertiary/aromatic N) is 3. The summed E-state index contributed by atoms with van der Waals surface area (Å²) in [7, 11) is 1.87. The maximum absolute atomic E-state index is 11.0. The molecule has 0 saturated heterocycles. The van der Waals surface area contributed by atoms with Crippen LogP contribution in [-0.4, -0.2) is 14.7 Å². The molecule has 1 aromatic carbocycles. The number of hydrogen-bond donors (Lipinski definition) is 2. The number of aromatic nitrogens is 2. The summed E-state index contributed by atoms with van der Waals surface area (Å²) < 4.78 is 1.80. The first-order valence-corrected chi connectivity index (χ1v) is 6.87. The van der Waals surface area contributed by atoms with Gasteiger partial charge < -0.3 is 5.43 Å². The molecule has 0 aliphatic rings. The van der Waals surface area contributed by atoms with Gasteiger partial charge in [0, 0.05) is 18.9 Å². The van der Waals surface area contributed by atoms with Gasteiger partial charge in [0.15, 0.2) is 0 Å². The van der Waals surface area contributed by atoms with Crippen molar-refractivity contribution in [3.63, 3.8) is 0 Å². The van der Waals surface area contributed by atoms with Crippen molar-refractivity contribution >= 4 is 23.1 Å². The molecule has 1 aromatic heterocycles. The molecule has 3 N–H and O–H groups in total. The van der Waals surface area contributed by atoms with E-state index in [0.29, 0.717) is 11.4 Å². The summed E-state index contributed by atoms with van der Waals surface area (Å²) >= 11 is 1.58. The largest absolute Gasteiger partial charge is 0.318 e. The Bertz CT molecular complexity index is 641. The number of anilines is 1. The van der Waals surface area contributed by atoms with Gasteiger partial charge in [0.25, 0.3) is 5.69 Å². The Kier molecular flexibility index (Phi) is 4.26. The van der Waals surface area contributed by atoms with Gasteiger partial charge in [-0.15, -0.1) is 11.8 Å². The van der Waals surface area contributed by atoms with Crippen LogP contribution in [0.1, 0.15) is 11.3 Å². The fourth-order valence-electron chi connectivity index (χ4n) is 1.82. The molecule has 0 amide bonds. The van der Waals surface area contributed by atoms with Crippen LogP contribution in [0, 0.1) is 17.0 Å². The number of benzene rings is 1. The Morgan fingerprint density at radius 2 is 2.25 bits per heavy atom. The van der Waals surface area contributed by atoms with E-state index in [1.807, 2.05) is 26.1 Å². The molecule has 0 bridgehead atoms. The maximum atomic E-state index is 11.0. The van der Waals surface area contributed by atoms with Crippen molar-refractivity contribution in [1.29, 1.82) is 0 Å². The second kappa shape index (κ2) is 5.93. The first kappa shape index (κ1) is 14.4. The lowest BCUT2D eigenvalue weighted by Gasteiger charge is -2.05. The van der Waals surface area contributed by atoms with Crippen LogP contribution in [0.4, 0.5) is 11.4 Å². The van der Waals surface area contributed by atoms with Crippen LogP contribution in [-0.2, 0) is 12.8 Å². The van der Waals surface area contributed by atoms with Gasteiger partial charge in [0.1, 0.15) is 5.69 Å². The fourth-order valence-corrected chi connectivity index (χ4v) is 2.79. The Morgan fingerprint density at radius 1 is 1.50 bits per heavy atom. The lowest BCUT2D eigenvalue weighted by Crippen LogP contribution is -2.09. The van der Waals surface area contributed by atoms with E-state index in [1.165, 1.54) is 6.07 Å². The van der Waals surface area contributed by atoms with Crippen LogP contribution < -0.4 is 11.3 Å². The molecule has 0 fully saturated rings. The highest BCUT2D eigenvalue weighted by Crippen LogP contribution is 2.28. The fraction of sp³-hybridized carbons (Fsp3) is 0.250. The van der Waals surface area contributed by atoms with Crippen LogP contribution in [0.2, 0.25) is 0 Å². The third kappa shape index (κ3) is 3.09. The number of nitrogens with two attached hydrogens (primary N) is 1. The molecule has 0 aliphatic carbocycles. The summed E-state index contributed by atoms with van der Waals surface area (Å²) in [5.41, 5.74) is 4.42. The van der Waals surface area contributed by atoms with E-state index in [4.69, 9.17) is 5.84 Å². The van der Waals surface area contributed by atoms with E-state index in [0.717, 1.165) is 16.3 Å². The zero-order valence-electron chi connectivity index (χ0n) is 11.2. The maximum Gasteiger partial charge on any atom is 0.293 e. The first-order valence-electron chi connectivity index (χ1n) is 5.88. The summed E-state index contributed by atoms with van der Waals surface area (Å²) in [5, 5.41) is 16.2. The number of thioether (sulfide) groups is 1. The standard InChI is InChI=1S/C12H15N5O2S/c1-8-5-12(16(2)15-8)20-7-9-3-4-10(14-13)11(6-9)17(18)19/h3-6,14H,7,13H2,1-2H3. The van der Waals surface area contributed by atoms with Crippen LogP contribution in [0.5, 0.6) is 0 Å². The van der Waals surface area contributed by atoms with E-state index in [1.54, 1.807) is 22.5 Å². The van der Waals surface area contributed by atoms with E-state index < -0.39 is 4.92 Å². The summed E-state index contributed by atoms with van der Waals surface area (Å²) in [5.74, 6) is 5.88. The molecule has 2 rings (SSSR count). The summed E-state index contributed by atoms with van der Waals surface area (Å²) in [6.07, 6.45) is 0. The molecule has 106 valence electrons. The number of nitrogens with one attached hydrogen (secondary N) is 1. The summed E-state index contributed by atoms with van der Waals surface area (Å²) in [6, 6.07) is 6.95. The van der Waals surface area contributed by atoms with Crippen LogP contribution in [0.25, 0.3) is 0 Å². The van der Waals surface area contributed by atoms with Crippen LogP contribution in [0.3, 0.4) is 0 Å². The molecule has 0 radical (unpaired) electrons.